The molecule has 0 saturated carbocycles. The normalized spacial score (nSPS) is 10.1. The fourth-order valence-corrected chi connectivity index (χ4v) is 1.52. The van der Waals surface area contributed by atoms with Crippen LogP contribution in [0.5, 0.6) is 5.75 Å². The average Bonchev–Trinajstić information content (AvgIpc) is 2.32. The second-order valence-electron chi connectivity index (χ2n) is 3.57. The lowest BCUT2D eigenvalue weighted by Gasteiger charge is -2.08. The van der Waals surface area contributed by atoms with E-state index < -0.39 is 0 Å². The number of carbonyl (C=O) groups excluding carboxylic acids is 1. The van der Waals surface area contributed by atoms with Crippen LogP contribution in [0, 0.1) is 0 Å². The summed E-state index contributed by atoms with van der Waals surface area (Å²) >= 11 is 5.89. The molecule has 0 heterocycles. The number of halogens is 1. The predicted octanol–water partition coefficient (Wildman–Crippen LogP) is 2.29. The number of methoxy groups -OCH3 is 1. The number of rotatable bonds is 6. The Morgan fingerprint density at radius 3 is 2.88 bits per heavy atom. The molecule has 1 rings (SSSR count). The molecule has 1 amide bonds. The maximum atomic E-state index is 11.5. The van der Waals surface area contributed by atoms with Crippen molar-refractivity contribution in [3.8, 4) is 5.75 Å². The van der Waals surface area contributed by atoms with Crippen LogP contribution in [-0.2, 0) is 4.79 Å². The van der Waals surface area contributed by atoms with Crippen molar-refractivity contribution in [2.75, 3.05) is 25.5 Å². The Hall–Kier alpha value is -1.26. The molecule has 1 aromatic rings. The van der Waals surface area contributed by atoms with Crippen molar-refractivity contribution in [1.82, 2.24) is 5.32 Å². The van der Waals surface area contributed by atoms with E-state index in [9.17, 15) is 4.79 Å². The minimum absolute atomic E-state index is 0.0807. The molecule has 0 aromatic heterocycles. The van der Waals surface area contributed by atoms with Crippen molar-refractivity contribution < 1.29 is 9.53 Å². The zero-order chi connectivity index (χ0) is 12.7. The highest BCUT2D eigenvalue weighted by Crippen LogP contribution is 2.27. The Kier molecular flexibility index (Phi) is 5.80. The van der Waals surface area contributed by atoms with Gasteiger partial charge in [-0.25, -0.2) is 0 Å². The summed E-state index contributed by atoms with van der Waals surface area (Å²) in [4.78, 5) is 11.5. The minimum Gasteiger partial charge on any atom is -0.495 e. The molecule has 4 nitrogen and oxygen atoms in total. The first-order valence-electron chi connectivity index (χ1n) is 5.51. The lowest BCUT2D eigenvalue weighted by Crippen LogP contribution is -2.28. The van der Waals surface area contributed by atoms with Gasteiger partial charge >= 0.3 is 0 Å². The predicted molar refractivity (Wildman–Crippen MR) is 69.8 cm³/mol. The first kappa shape index (κ1) is 13.8. The van der Waals surface area contributed by atoms with Crippen LogP contribution in [0.3, 0.4) is 0 Å². The smallest absolute Gasteiger partial charge is 0.238 e. The monoisotopic (exact) mass is 256 g/mol. The lowest BCUT2D eigenvalue weighted by molar-refractivity contribution is -0.115. The van der Waals surface area contributed by atoms with Crippen molar-refractivity contribution in [1.29, 1.82) is 0 Å². The van der Waals surface area contributed by atoms with E-state index in [1.165, 1.54) is 7.11 Å². The Bertz CT molecular complexity index is 383. The Morgan fingerprint density at radius 2 is 2.24 bits per heavy atom. The fraction of sp³-hybridized carbons (Fsp3) is 0.417. The highest BCUT2D eigenvalue weighted by molar-refractivity contribution is 6.32. The molecule has 2 N–H and O–H groups in total. The van der Waals surface area contributed by atoms with Crippen LogP contribution in [0.2, 0.25) is 5.02 Å². The number of nitrogens with one attached hydrogen (secondary N) is 2. The van der Waals surface area contributed by atoms with Gasteiger partial charge in [0.05, 0.1) is 18.7 Å². The molecule has 0 aliphatic heterocycles. The topological polar surface area (TPSA) is 50.4 Å². The molecule has 0 aliphatic rings. The summed E-state index contributed by atoms with van der Waals surface area (Å²) in [7, 11) is 1.54. The van der Waals surface area contributed by atoms with Crippen molar-refractivity contribution >= 4 is 23.2 Å². The number of carbonyl (C=O) groups is 1. The zero-order valence-corrected chi connectivity index (χ0v) is 10.8. The zero-order valence-electron chi connectivity index (χ0n) is 10.0. The third-order valence-corrected chi connectivity index (χ3v) is 2.46. The highest BCUT2D eigenvalue weighted by atomic mass is 35.5. The van der Waals surface area contributed by atoms with Crippen LogP contribution in [0.4, 0.5) is 5.69 Å². The fourth-order valence-electron chi connectivity index (χ4n) is 1.32. The third-order valence-electron chi connectivity index (χ3n) is 2.15. The molecule has 0 fully saturated rings. The molecule has 0 radical (unpaired) electrons. The van der Waals surface area contributed by atoms with Crippen LogP contribution in [0.15, 0.2) is 18.2 Å². The second kappa shape index (κ2) is 7.14. The minimum atomic E-state index is -0.0807. The van der Waals surface area contributed by atoms with Gasteiger partial charge in [-0.15, -0.1) is 0 Å². The van der Waals surface area contributed by atoms with Crippen molar-refractivity contribution in [3.05, 3.63) is 23.2 Å². The molecule has 0 saturated heterocycles. The third kappa shape index (κ3) is 4.63. The van der Waals surface area contributed by atoms with Gasteiger partial charge in [0.25, 0.3) is 0 Å². The molecule has 0 aliphatic carbocycles. The molecule has 0 unspecified atom stereocenters. The van der Waals surface area contributed by atoms with Gasteiger partial charge in [0.2, 0.25) is 5.91 Å². The van der Waals surface area contributed by atoms with E-state index in [0.717, 1.165) is 13.0 Å². The summed E-state index contributed by atoms with van der Waals surface area (Å²) in [6.45, 7) is 3.19. The van der Waals surface area contributed by atoms with Gasteiger partial charge < -0.3 is 15.4 Å². The van der Waals surface area contributed by atoms with Crippen LogP contribution in [0.25, 0.3) is 0 Å². The van der Waals surface area contributed by atoms with E-state index >= 15 is 0 Å². The summed E-state index contributed by atoms with van der Waals surface area (Å²) in [5.41, 5.74) is 0.676. The molecule has 5 heteroatoms. The lowest BCUT2D eigenvalue weighted by atomic mass is 10.3. The molecule has 0 bridgehead atoms. The Morgan fingerprint density at radius 1 is 1.47 bits per heavy atom. The van der Waals surface area contributed by atoms with Crippen LogP contribution in [0.1, 0.15) is 13.3 Å². The summed E-state index contributed by atoms with van der Waals surface area (Å²) in [5.74, 6) is 0.466. The number of anilines is 1. The van der Waals surface area contributed by atoms with Gasteiger partial charge in [-0.3, -0.25) is 4.79 Å². The van der Waals surface area contributed by atoms with Crippen LogP contribution in [-0.4, -0.2) is 26.1 Å². The molecular formula is C12H17ClN2O2. The first-order valence-corrected chi connectivity index (χ1v) is 5.89. The van der Waals surface area contributed by atoms with Crippen LogP contribution < -0.4 is 15.4 Å². The summed E-state index contributed by atoms with van der Waals surface area (Å²) in [5, 5.41) is 6.31. The van der Waals surface area contributed by atoms with E-state index in [1.807, 2.05) is 0 Å². The maximum Gasteiger partial charge on any atom is 0.238 e. The van der Waals surface area contributed by atoms with Gasteiger partial charge in [-0.2, -0.15) is 0 Å². The SMILES string of the molecule is CCCNCC(=O)Nc1ccc(Cl)c(OC)c1. The van der Waals surface area contributed by atoms with Gasteiger partial charge in [0.1, 0.15) is 5.75 Å². The summed E-state index contributed by atoms with van der Waals surface area (Å²) < 4.78 is 5.07. The summed E-state index contributed by atoms with van der Waals surface area (Å²) in [6.07, 6.45) is 1.00. The molecule has 17 heavy (non-hydrogen) atoms. The van der Waals surface area contributed by atoms with Gasteiger partial charge in [0, 0.05) is 11.8 Å². The molecule has 0 spiro atoms. The Labute approximate surface area is 106 Å². The number of hydrogen-bond donors (Lipinski definition) is 2. The molecule has 94 valence electrons. The van der Waals surface area contributed by atoms with E-state index in [4.69, 9.17) is 16.3 Å². The Balaban J connectivity index is 2.53. The van der Waals surface area contributed by atoms with Gasteiger partial charge in [-0.1, -0.05) is 18.5 Å². The standard InChI is InChI=1S/C12H17ClN2O2/c1-3-6-14-8-12(16)15-9-4-5-10(13)11(7-9)17-2/h4-5,7,14H,3,6,8H2,1-2H3,(H,15,16). The average molecular weight is 257 g/mol. The second-order valence-corrected chi connectivity index (χ2v) is 3.98. The van der Waals surface area contributed by atoms with E-state index in [0.29, 0.717) is 23.0 Å². The van der Waals surface area contributed by atoms with Crippen molar-refractivity contribution in [3.63, 3.8) is 0 Å². The molecular weight excluding hydrogens is 240 g/mol. The van der Waals surface area contributed by atoms with E-state index in [2.05, 4.69) is 17.6 Å². The van der Waals surface area contributed by atoms with E-state index in [-0.39, 0.29) is 5.91 Å². The van der Waals surface area contributed by atoms with Gasteiger partial charge in [0.15, 0.2) is 0 Å². The number of hydrogen-bond acceptors (Lipinski definition) is 3. The number of ether oxygens (including phenoxy) is 1. The van der Waals surface area contributed by atoms with Crippen molar-refractivity contribution in [2.45, 2.75) is 13.3 Å². The van der Waals surface area contributed by atoms with Gasteiger partial charge in [-0.05, 0) is 25.1 Å². The quantitative estimate of drug-likeness (QED) is 0.768. The van der Waals surface area contributed by atoms with E-state index in [1.54, 1.807) is 18.2 Å². The van der Waals surface area contributed by atoms with Crippen LogP contribution >= 0.6 is 11.6 Å². The highest BCUT2D eigenvalue weighted by Gasteiger charge is 2.05. The maximum absolute atomic E-state index is 11.5. The van der Waals surface area contributed by atoms with Crippen molar-refractivity contribution in [2.24, 2.45) is 0 Å². The summed E-state index contributed by atoms with van der Waals surface area (Å²) in [6, 6.07) is 5.12. The number of amides is 1. The largest absolute Gasteiger partial charge is 0.495 e. The molecule has 0 atom stereocenters. The number of benzene rings is 1. The molecule has 1 aromatic carbocycles. The first-order chi connectivity index (χ1) is 8.17.